The zero-order valence-electron chi connectivity index (χ0n) is 18.8. The predicted octanol–water partition coefficient (Wildman–Crippen LogP) is 5.58. The lowest BCUT2D eigenvalue weighted by Gasteiger charge is -2.18. The number of aryl methyl sites for hydroxylation is 2. The van der Waals surface area contributed by atoms with E-state index in [1.807, 2.05) is 41.9 Å². The first-order chi connectivity index (χ1) is 15.2. The van der Waals surface area contributed by atoms with Gasteiger partial charge in [0.05, 0.1) is 17.0 Å². The van der Waals surface area contributed by atoms with Gasteiger partial charge in [0.25, 0.3) is 0 Å². The Hall–Kier alpha value is -3.06. The largest absolute Gasteiger partial charge is 0.480 e. The van der Waals surface area contributed by atoms with Gasteiger partial charge in [-0.2, -0.15) is 5.10 Å². The van der Waals surface area contributed by atoms with Crippen molar-refractivity contribution in [1.82, 2.24) is 9.78 Å². The molecule has 6 nitrogen and oxygen atoms in total. The number of carbonyl (C=O) groups excluding carboxylic acids is 1. The number of carboxylic acids is 1. The highest BCUT2D eigenvalue weighted by atomic mass is 32.2. The molecule has 32 heavy (non-hydrogen) atoms. The van der Waals surface area contributed by atoms with Gasteiger partial charge in [0.1, 0.15) is 11.4 Å². The zero-order chi connectivity index (χ0) is 23.3. The van der Waals surface area contributed by atoms with Crippen molar-refractivity contribution in [3.05, 3.63) is 71.4 Å². The lowest BCUT2D eigenvalue weighted by Crippen LogP contribution is -2.26. The Morgan fingerprint density at radius 2 is 1.75 bits per heavy atom. The summed E-state index contributed by atoms with van der Waals surface area (Å²) in [5, 5.41) is 14.0. The molecule has 0 radical (unpaired) electrons. The van der Waals surface area contributed by atoms with Crippen molar-refractivity contribution in [3.63, 3.8) is 0 Å². The van der Waals surface area contributed by atoms with Crippen LogP contribution in [-0.4, -0.2) is 31.6 Å². The number of hydrogen-bond donors (Lipinski definition) is 1. The Labute approximate surface area is 192 Å². The summed E-state index contributed by atoms with van der Waals surface area (Å²) in [6.07, 6.45) is 0.918. The van der Waals surface area contributed by atoms with Crippen LogP contribution in [0.5, 0.6) is 0 Å². The van der Waals surface area contributed by atoms with E-state index in [1.54, 1.807) is 38.1 Å². The number of benzene rings is 2. The molecule has 3 rings (SSSR count). The summed E-state index contributed by atoms with van der Waals surface area (Å²) in [5.74, 6) is -1.32. The van der Waals surface area contributed by atoms with Crippen molar-refractivity contribution < 1.29 is 19.4 Å². The molecular weight excluding hydrogens is 424 g/mol. The zero-order valence-corrected chi connectivity index (χ0v) is 19.6. The first kappa shape index (κ1) is 23.6. The minimum Gasteiger partial charge on any atom is -0.480 e. The number of esters is 1. The molecule has 0 saturated heterocycles. The van der Waals surface area contributed by atoms with Gasteiger partial charge in [-0.15, -0.1) is 11.8 Å². The molecule has 0 bridgehead atoms. The van der Waals surface area contributed by atoms with Crippen molar-refractivity contribution in [3.8, 4) is 11.3 Å². The van der Waals surface area contributed by atoms with Gasteiger partial charge in [0.2, 0.25) is 0 Å². The smallest absolute Gasteiger partial charge is 0.338 e. The highest BCUT2D eigenvalue weighted by Crippen LogP contribution is 2.32. The Morgan fingerprint density at radius 3 is 2.34 bits per heavy atom. The van der Waals surface area contributed by atoms with E-state index < -0.39 is 16.7 Å². The van der Waals surface area contributed by atoms with E-state index >= 15 is 0 Å². The van der Waals surface area contributed by atoms with E-state index in [-0.39, 0.29) is 6.61 Å². The number of aromatic nitrogens is 2. The average Bonchev–Trinajstić information content (AvgIpc) is 3.15. The molecule has 0 atom stereocenters. The molecule has 0 spiro atoms. The highest BCUT2D eigenvalue weighted by molar-refractivity contribution is 8.01. The highest BCUT2D eigenvalue weighted by Gasteiger charge is 2.28. The number of ether oxygens (including phenoxy) is 1. The van der Waals surface area contributed by atoms with Crippen molar-refractivity contribution >= 4 is 23.7 Å². The molecule has 0 saturated carbocycles. The fourth-order valence-corrected chi connectivity index (χ4v) is 4.01. The van der Waals surface area contributed by atoms with Gasteiger partial charge in [0.15, 0.2) is 0 Å². The number of thioether (sulfide) groups is 1. The van der Waals surface area contributed by atoms with Crippen molar-refractivity contribution in [2.45, 2.75) is 56.9 Å². The number of aliphatic carboxylic acids is 1. The van der Waals surface area contributed by atoms with Gasteiger partial charge >= 0.3 is 11.9 Å². The Balaban J connectivity index is 1.68. The first-order valence-electron chi connectivity index (χ1n) is 10.5. The second-order valence-corrected chi connectivity index (χ2v) is 9.82. The van der Waals surface area contributed by atoms with Crippen LogP contribution >= 0.6 is 11.8 Å². The number of hydrogen-bond acceptors (Lipinski definition) is 5. The molecule has 168 valence electrons. The quantitative estimate of drug-likeness (QED) is 0.337. The molecule has 1 heterocycles. The van der Waals surface area contributed by atoms with Gasteiger partial charge in [-0.3, -0.25) is 9.48 Å². The van der Waals surface area contributed by atoms with Gasteiger partial charge in [-0.05, 0) is 57.5 Å². The van der Waals surface area contributed by atoms with E-state index in [4.69, 9.17) is 4.74 Å². The predicted molar refractivity (Wildman–Crippen MR) is 126 cm³/mol. The summed E-state index contributed by atoms with van der Waals surface area (Å²) < 4.78 is 6.48. The molecule has 7 heteroatoms. The SMILES string of the molecule is CCCn1nc(-c2ccc(C)cc2)cc1COC(=O)c1ccc(SC(C)(C)C(=O)O)cc1. The molecule has 0 aliphatic carbocycles. The van der Waals surface area contributed by atoms with E-state index in [0.717, 1.165) is 34.8 Å². The Kier molecular flexibility index (Phi) is 7.40. The number of carboxylic acid groups (broad SMARTS) is 1. The first-order valence-corrected chi connectivity index (χ1v) is 11.3. The second-order valence-electron chi connectivity index (χ2n) is 8.13. The third kappa shape index (κ3) is 5.79. The van der Waals surface area contributed by atoms with Crippen molar-refractivity contribution in [2.75, 3.05) is 0 Å². The lowest BCUT2D eigenvalue weighted by molar-refractivity contribution is -0.138. The third-order valence-corrected chi connectivity index (χ3v) is 6.17. The summed E-state index contributed by atoms with van der Waals surface area (Å²) in [6, 6.07) is 16.9. The van der Waals surface area contributed by atoms with Crippen LogP contribution in [0.1, 0.15) is 48.8 Å². The molecule has 0 aliphatic heterocycles. The van der Waals surface area contributed by atoms with Crippen molar-refractivity contribution in [2.24, 2.45) is 0 Å². The standard InChI is InChI=1S/C25H28N2O4S/c1-5-14-27-20(15-22(26-27)18-8-6-17(2)7-9-18)16-31-23(28)19-10-12-21(13-11-19)32-25(3,4)24(29)30/h6-13,15H,5,14,16H2,1-4H3,(H,29,30). The molecule has 3 aromatic rings. The molecule has 0 amide bonds. The van der Waals surface area contributed by atoms with Crippen LogP contribution in [-0.2, 0) is 22.7 Å². The van der Waals surface area contributed by atoms with Crippen LogP contribution in [0.2, 0.25) is 0 Å². The van der Waals surface area contributed by atoms with Crippen LogP contribution in [0, 0.1) is 6.92 Å². The number of rotatable bonds is 9. The summed E-state index contributed by atoms with van der Waals surface area (Å²) in [6.45, 7) is 8.28. The maximum atomic E-state index is 12.6. The molecule has 1 N–H and O–H groups in total. The number of carbonyl (C=O) groups is 2. The maximum Gasteiger partial charge on any atom is 0.338 e. The summed E-state index contributed by atoms with van der Waals surface area (Å²) in [7, 11) is 0. The summed E-state index contributed by atoms with van der Waals surface area (Å²) >= 11 is 1.23. The monoisotopic (exact) mass is 452 g/mol. The fourth-order valence-electron chi connectivity index (χ4n) is 3.06. The summed E-state index contributed by atoms with van der Waals surface area (Å²) in [4.78, 5) is 24.6. The topological polar surface area (TPSA) is 81.4 Å². The lowest BCUT2D eigenvalue weighted by atomic mass is 10.1. The Bertz CT molecular complexity index is 1090. The van der Waals surface area contributed by atoms with Crippen molar-refractivity contribution in [1.29, 1.82) is 0 Å². The minimum absolute atomic E-state index is 0.125. The van der Waals surface area contributed by atoms with E-state index in [9.17, 15) is 14.7 Å². The van der Waals surface area contributed by atoms with E-state index in [2.05, 4.69) is 12.0 Å². The molecule has 0 aliphatic rings. The third-order valence-electron chi connectivity index (χ3n) is 4.98. The molecule has 0 fully saturated rings. The number of nitrogens with zero attached hydrogens (tertiary/aromatic N) is 2. The maximum absolute atomic E-state index is 12.6. The minimum atomic E-state index is -0.950. The van der Waals surface area contributed by atoms with E-state index in [1.165, 1.54) is 17.3 Å². The van der Waals surface area contributed by atoms with Crippen LogP contribution < -0.4 is 0 Å². The normalized spacial score (nSPS) is 11.4. The summed E-state index contributed by atoms with van der Waals surface area (Å²) in [5.41, 5.74) is 4.32. The van der Waals surface area contributed by atoms with Gasteiger partial charge in [0, 0.05) is 17.0 Å². The van der Waals surface area contributed by atoms with Crippen LogP contribution in [0.25, 0.3) is 11.3 Å². The molecule has 0 unspecified atom stereocenters. The van der Waals surface area contributed by atoms with Crippen LogP contribution in [0.4, 0.5) is 0 Å². The second kappa shape index (κ2) is 10.0. The fraction of sp³-hybridized carbons (Fsp3) is 0.320. The average molecular weight is 453 g/mol. The van der Waals surface area contributed by atoms with E-state index in [0.29, 0.717) is 5.56 Å². The molecule has 2 aromatic carbocycles. The van der Waals surface area contributed by atoms with Gasteiger partial charge in [-0.1, -0.05) is 36.8 Å². The van der Waals surface area contributed by atoms with Gasteiger partial charge in [-0.25, -0.2) is 4.79 Å². The molecule has 1 aromatic heterocycles. The van der Waals surface area contributed by atoms with Gasteiger partial charge < -0.3 is 9.84 Å². The van der Waals surface area contributed by atoms with Crippen LogP contribution in [0.3, 0.4) is 0 Å². The van der Waals surface area contributed by atoms with Crippen LogP contribution in [0.15, 0.2) is 59.5 Å². The Morgan fingerprint density at radius 1 is 1.09 bits per heavy atom. The molecular formula is C25H28N2O4S.